The van der Waals surface area contributed by atoms with Crippen LogP contribution in [0.3, 0.4) is 0 Å². The Labute approximate surface area is 172 Å². The number of hydrogen-bond donors (Lipinski definition) is 0. The van der Waals surface area contributed by atoms with E-state index < -0.39 is 11.7 Å². The van der Waals surface area contributed by atoms with Crippen LogP contribution in [-0.2, 0) is 11.3 Å². The van der Waals surface area contributed by atoms with E-state index in [1.54, 1.807) is 30.0 Å². The van der Waals surface area contributed by atoms with Gasteiger partial charge in [-0.2, -0.15) is 0 Å². The van der Waals surface area contributed by atoms with Crippen molar-refractivity contribution >= 4 is 28.4 Å². The molecule has 1 amide bonds. The maximum Gasteiger partial charge on any atom is 0.332 e. The first-order valence-electron chi connectivity index (χ1n) is 9.74. The Morgan fingerprint density at radius 1 is 1.07 bits per heavy atom. The summed E-state index contributed by atoms with van der Waals surface area (Å²) in [5, 5.41) is 0.776. The van der Waals surface area contributed by atoms with Gasteiger partial charge in [-0.3, -0.25) is 18.7 Å². The normalized spacial score (nSPS) is 15.0. The van der Waals surface area contributed by atoms with Crippen molar-refractivity contribution in [3.05, 3.63) is 80.0 Å². The van der Waals surface area contributed by atoms with Crippen LogP contribution < -0.4 is 11.2 Å². The van der Waals surface area contributed by atoms with Crippen molar-refractivity contribution < 1.29 is 4.79 Å². The summed E-state index contributed by atoms with van der Waals surface area (Å²) in [6, 6.07) is 13.4. The maximum absolute atomic E-state index is 13.4. The third kappa shape index (κ3) is 3.60. The van der Waals surface area contributed by atoms with Crippen molar-refractivity contribution in [3.8, 4) is 0 Å². The number of nitrogens with zero attached hydrogens (tertiary/aromatic N) is 3. The molecule has 1 aliphatic heterocycles. The Morgan fingerprint density at radius 2 is 1.76 bits per heavy atom. The lowest BCUT2D eigenvalue weighted by Gasteiger charge is -2.24. The van der Waals surface area contributed by atoms with Gasteiger partial charge in [0, 0.05) is 18.1 Å². The highest BCUT2D eigenvalue weighted by atomic mass is 35.5. The monoisotopic (exact) mass is 411 g/mol. The predicted molar refractivity (Wildman–Crippen MR) is 114 cm³/mol. The van der Waals surface area contributed by atoms with E-state index in [9.17, 15) is 14.4 Å². The number of halogens is 1. The molecule has 0 N–H and O–H groups in total. The Morgan fingerprint density at radius 3 is 2.45 bits per heavy atom. The summed E-state index contributed by atoms with van der Waals surface area (Å²) in [5.74, 6) is -0.115. The minimum absolute atomic E-state index is 0.115. The molecule has 150 valence electrons. The second kappa shape index (κ2) is 7.87. The third-order valence-corrected chi connectivity index (χ3v) is 5.71. The zero-order chi connectivity index (χ0) is 20.5. The van der Waals surface area contributed by atoms with Crippen molar-refractivity contribution in [3.63, 3.8) is 0 Å². The van der Waals surface area contributed by atoms with Crippen LogP contribution in [0.2, 0.25) is 5.02 Å². The first-order valence-corrected chi connectivity index (χ1v) is 10.1. The smallest absolute Gasteiger partial charge is 0.332 e. The highest BCUT2D eigenvalue weighted by Crippen LogP contribution is 2.21. The van der Waals surface area contributed by atoms with Crippen molar-refractivity contribution in [2.75, 3.05) is 13.1 Å². The first kappa shape index (κ1) is 19.5. The Kier molecular flexibility index (Phi) is 5.28. The van der Waals surface area contributed by atoms with Crippen LogP contribution in [0.4, 0.5) is 0 Å². The summed E-state index contributed by atoms with van der Waals surface area (Å²) >= 11 is 6.16. The molecule has 0 spiro atoms. The van der Waals surface area contributed by atoms with Gasteiger partial charge in [0.05, 0.1) is 17.4 Å². The van der Waals surface area contributed by atoms with E-state index in [2.05, 4.69) is 0 Å². The fraction of sp³-hybridized carbons (Fsp3) is 0.318. The molecule has 1 fully saturated rings. The molecule has 7 heteroatoms. The van der Waals surface area contributed by atoms with Gasteiger partial charge in [-0.1, -0.05) is 41.9 Å². The van der Waals surface area contributed by atoms with Gasteiger partial charge >= 0.3 is 5.69 Å². The van der Waals surface area contributed by atoms with E-state index in [-0.39, 0.29) is 18.0 Å². The zero-order valence-corrected chi connectivity index (χ0v) is 16.9. The molecule has 0 bridgehead atoms. The maximum atomic E-state index is 13.4. The number of carbonyl (C=O) groups is 1. The minimum Gasteiger partial charge on any atom is -0.341 e. The molecule has 1 saturated heterocycles. The van der Waals surface area contributed by atoms with Crippen LogP contribution in [0.15, 0.2) is 58.1 Å². The summed E-state index contributed by atoms with van der Waals surface area (Å²) in [4.78, 5) is 41.3. The molecule has 6 nitrogen and oxygen atoms in total. The Balaban J connectivity index is 1.91. The van der Waals surface area contributed by atoms with Gasteiger partial charge in [0.15, 0.2) is 0 Å². The molecular formula is C22H22ClN3O3. The molecule has 29 heavy (non-hydrogen) atoms. The number of aromatic nitrogens is 2. The molecule has 1 aliphatic rings. The van der Waals surface area contributed by atoms with Gasteiger partial charge in [0.2, 0.25) is 5.91 Å². The molecular weight excluding hydrogens is 390 g/mol. The second-order valence-corrected chi connectivity index (χ2v) is 7.84. The lowest BCUT2D eigenvalue weighted by molar-refractivity contribution is -0.133. The molecule has 0 saturated carbocycles. The van der Waals surface area contributed by atoms with E-state index in [4.69, 9.17) is 11.6 Å². The van der Waals surface area contributed by atoms with Crippen LogP contribution in [0.1, 0.15) is 31.4 Å². The standard InChI is InChI=1S/C22H22ClN3O3/c1-15(20(27)24-11-5-6-12-24)26-19-13-17(23)9-10-18(19)21(28)25(22(26)29)14-16-7-3-2-4-8-16/h2-4,7-10,13,15H,5-6,11-12,14H2,1H3. The number of amides is 1. The third-order valence-electron chi connectivity index (χ3n) is 5.48. The van der Waals surface area contributed by atoms with Gasteiger partial charge in [-0.15, -0.1) is 0 Å². The summed E-state index contributed by atoms with van der Waals surface area (Å²) in [5.41, 5.74) is 0.332. The second-order valence-electron chi connectivity index (χ2n) is 7.40. The number of carbonyl (C=O) groups excluding carboxylic acids is 1. The number of benzene rings is 2. The van der Waals surface area contributed by atoms with Crippen molar-refractivity contribution in [1.29, 1.82) is 0 Å². The van der Waals surface area contributed by atoms with Crippen LogP contribution >= 0.6 is 11.6 Å². The molecule has 1 atom stereocenters. The van der Waals surface area contributed by atoms with Gasteiger partial charge in [-0.05, 0) is 43.5 Å². The van der Waals surface area contributed by atoms with Crippen LogP contribution in [0.5, 0.6) is 0 Å². The predicted octanol–water partition coefficient (Wildman–Crippen LogP) is 3.05. The summed E-state index contributed by atoms with van der Waals surface area (Å²) < 4.78 is 2.60. The molecule has 4 rings (SSSR count). The topological polar surface area (TPSA) is 64.3 Å². The summed E-state index contributed by atoms with van der Waals surface area (Å²) in [7, 11) is 0. The van der Waals surface area contributed by atoms with Crippen molar-refractivity contribution in [1.82, 2.24) is 14.0 Å². The molecule has 0 aliphatic carbocycles. The fourth-order valence-corrected chi connectivity index (χ4v) is 4.11. The SMILES string of the molecule is CC(C(=O)N1CCCC1)n1c(=O)n(Cc2ccccc2)c(=O)c2ccc(Cl)cc21. The number of fused-ring (bicyclic) bond motifs is 1. The molecule has 1 aromatic heterocycles. The average molecular weight is 412 g/mol. The highest BCUT2D eigenvalue weighted by molar-refractivity contribution is 6.31. The lowest BCUT2D eigenvalue weighted by Crippen LogP contribution is -2.45. The van der Waals surface area contributed by atoms with E-state index >= 15 is 0 Å². The molecule has 3 aromatic rings. The van der Waals surface area contributed by atoms with E-state index in [1.807, 2.05) is 30.3 Å². The minimum atomic E-state index is -0.732. The molecule has 1 unspecified atom stereocenters. The fourth-order valence-electron chi connectivity index (χ4n) is 3.94. The van der Waals surface area contributed by atoms with Crippen LogP contribution in [0, 0.1) is 0 Å². The molecule has 2 heterocycles. The quantitative estimate of drug-likeness (QED) is 0.662. The van der Waals surface area contributed by atoms with Crippen molar-refractivity contribution in [2.45, 2.75) is 32.4 Å². The van der Waals surface area contributed by atoms with E-state index in [0.29, 0.717) is 29.0 Å². The van der Waals surface area contributed by atoms with Crippen LogP contribution in [0.25, 0.3) is 10.9 Å². The van der Waals surface area contributed by atoms with Gasteiger partial charge in [-0.25, -0.2) is 4.79 Å². The number of likely N-dealkylation sites (tertiary alicyclic amines) is 1. The van der Waals surface area contributed by atoms with E-state index in [1.165, 1.54) is 9.13 Å². The van der Waals surface area contributed by atoms with Crippen molar-refractivity contribution in [2.24, 2.45) is 0 Å². The number of hydrogen-bond acceptors (Lipinski definition) is 3. The zero-order valence-electron chi connectivity index (χ0n) is 16.2. The van der Waals surface area contributed by atoms with Gasteiger partial charge in [0.25, 0.3) is 5.56 Å². The van der Waals surface area contributed by atoms with Crippen LogP contribution in [-0.4, -0.2) is 33.0 Å². The summed E-state index contributed by atoms with van der Waals surface area (Å²) in [6.45, 7) is 3.24. The van der Waals surface area contributed by atoms with Gasteiger partial charge < -0.3 is 4.90 Å². The largest absolute Gasteiger partial charge is 0.341 e. The molecule has 2 aromatic carbocycles. The average Bonchev–Trinajstić information content (AvgIpc) is 3.26. The first-order chi connectivity index (χ1) is 14.0. The Hall–Kier alpha value is -2.86. The lowest BCUT2D eigenvalue weighted by atomic mass is 10.2. The molecule has 0 radical (unpaired) electrons. The van der Waals surface area contributed by atoms with E-state index in [0.717, 1.165) is 18.4 Å². The van der Waals surface area contributed by atoms with Gasteiger partial charge in [0.1, 0.15) is 6.04 Å². The Bertz CT molecular complexity index is 1180. The summed E-state index contributed by atoms with van der Waals surface area (Å²) in [6.07, 6.45) is 1.93. The highest BCUT2D eigenvalue weighted by Gasteiger charge is 2.27. The number of rotatable bonds is 4.